The third kappa shape index (κ3) is 2.95. The first-order chi connectivity index (χ1) is 8.98. The summed E-state index contributed by atoms with van der Waals surface area (Å²) in [6.45, 7) is 5.79. The van der Waals surface area contributed by atoms with Crippen LogP contribution in [-0.2, 0) is 9.53 Å². The number of ether oxygens (including phenoxy) is 1. The van der Waals surface area contributed by atoms with E-state index in [0.29, 0.717) is 12.1 Å². The molecule has 19 heavy (non-hydrogen) atoms. The second-order valence-corrected chi connectivity index (χ2v) is 6.50. The molecule has 2 fully saturated rings. The number of esters is 1. The predicted molar refractivity (Wildman–Crippen MR) is 75.8 cm³/mol. The van der Waals surface area contributed by atoms with Crippen molar-refractivity contribution in [2.75, 3.05) is 13.7 Å². The molecule has 4 unspecified atom stereocenters. The second kappa shape index (κ2) is 5.80. The quantitative estimate of drug-likeness (QED) is 0.777. The maximum atomic E-state index is 11.9. The SMILES string of the molecule is COC(=O)C1(N)CCCC(N2CCCC(C)C2C)C1. The molecule has 0 aromatic carbocycles. The van der Waals surface area contributed by atoms with Crippen LogP contribution in [0.5, 0.6) is 0 Å². The summed E-state index contributed by atoms with van der Waals surface area (Å²) in [6, 6.07) is 1.04. The van der Waals surface area contributed by atoms with Crippen molar-refractivity contribution in [3.8, 4) is 0 Å². The fraction of sp³-hybridized carbons (Fsp3) is 0.933. The number of nitrogens with zero attached hydrogens (tertiary/aromatic N) is 1. The molecule has 1 heterocycles. The summed E-state index contributed by atoms with van der Waals surface area (Å²) in [5.74, 6) is 0.496. The molecule has 110 valence electrons. The summed E-state index contributed by atoms with van der Waals surface area (Å²) in [5, 5.41) is 0. The molecular formula is C15H28N2O2. The standard InChI is InChI=1S/C15H28N2O2/c1-11-6-5-9-17(12(11)2)13-7-4-8-15(16,10-13)14(18)19-3/h11-13H,4-10,16H2,1-3H3. The molecule has 1 saturated heterocycles. The van der Waals surface area contributed by atoms with Gasteiger partial charge in [0.15, 0.2) is 0 Å². The first-order valence-corrected chi connectivity index (χ1v) is 7.61. The molecule has 1 aliphatic heterocycles. The van der Waals surface area contributed by atoms with E-state index in [9.17, 15) is 4.79 Å². The Morgan fingerprint density at radius 2 is 2.05 bits per heavy atom. The number of likely N-dealkylation sites (tertiary alicyclic amines) is 1. The van der Waals surface area contributed by atoms with Crippen LogP contribution in [0.2, 0.25) is 0 Å². The number of hydrogen-bond donors (Lipinski definition) is 1. The largest absolute Gasteiger partial charge is 0.468 e. The summed E-state index contributed by atoms with van der Waals surface area (Å²) in [6.07, 6.45) is 6.26. The number of methoxy groups -OCH3 is 1. The zero-order valence-corrected chi connectivity index (χ0v) is 12.5. The van der Waals surface area contributed by atoms with E-state index < -0.39 is 5.54 Å². The lowest BCUT2D eigenvalue weighted by Gasteiger charge is -2.47. The molecule has 0 aromatic heterocycles. The van der Waals surface area contributed by atoms with Gasteiger partial charge in [0.1, 0.15) is 5.54 Å². The minimum atomic E-state index is -0.766. The van der Waals surface area contributed by atoms with Gasteiger partial charge in [-0.25, -0.2) is 0 Å². The van der Waals surface area contributed by atoms with Gasteiger partial charge in [0.2, 0.25) is 0 Å². The lowest BCUT2D eigenvalue weighted by atomic mass is 9.77. The van der Waals surface area contributed by atoms with Crippen molar-refractivity contribution in [3.05, 3.63) is 0 Å². The average Bonchev–Trinajstić information content (AvgIpc) is 2.41. The van der Waals surface area contributed by atoms with Gasteiger partial charge in [0.05, 0.1) is 7.11 Å². The molecule has 0 spiro atoms. The van der Waals surface area contributed by atoms with E-state index in [1.54, 1.807) is 0 Å². The molecule has 0 amide bonds. The predicted octanol–water partition coefficient (Wildman–Crippen LogP) is 1.92. The zero-order valence-electron chi connectivity index (χ0n) is 12.5. The molecule has 1 aliphatic carbocycles. The van der Waals surface area contributed by atoms with E-state index in [4.69, 9.17) is 10.5 Å². The van der Waals surface area contributed by atoms with Crippen molar-refractivity contribution in [2.45, 2.75) is 70.0 Å². The topological polar surface area (TPSA) is 55.6 Å². The van der Waals surface area contributed by atoms with Gasteiger partial charge in [-0.1, -0.05) is 6.92 Å². The zero-order chi connectivity index (χ0) is 14.0. The van der Waals surface area contributed by atoms with Crippen molar-refractivity contribution in [2.24, 2.45) is 11.7 Å². The fourth-order valence-corrected chi connectivity index (χ4v) is 3.83. The van der Waals surface area contributed by atoms with Gasteiger partial charge < -0.3 is 10.5 Å². The lowest BCUT2D eigenvalue weighted by molar-refractivity contribution is -0.149. The van der Waals surface area contributed by atoms with Gasteiger partial charge in [0, 0.05) is 12.1 Å². The molecule has 4 atom stereocenters. The van der Waals surface area contributed by atoms with Crippen LogP contribution >= 0.6 is 0 Å². The smallest absolute Gasteiger partial charge is 0.325 e. The monoisotopic (exact) mass is 268 g/mol. The Kier molecular flexibility index (Phi) is 4.51. The lowest BCUT2D eigenvalue weighted by Crippen LogP contribution is -2.58. The number of piperidine rings is 1. The van der Waals surface area contributed by atoms with Gasteiger partial charge >= 0.3 is 5.97 Å². The van der Waals surface area contributed by atoms with Gasteiger partial charge in [0.25, 0.3) is 0 Å². The van der Waals surface area contributed by atoms with Gasteiger partial charge in [-0.2, -0.15) is 0 Å². The van der Waals surface area contributed by atoms with Crippen LogP contribution in [0, 0.1) is 5.92 Å². The average molecular weight is 268 g/mol. The highest BCUT2D eigenvalue weighted by molar-refractivity contribution is 5.80. The Bertz CT molecular complexity index is 334. The molecule has 4 heteroatoms. The van der Waals surface area contributed by atoms with Crippen molar-refractivity contribution in [1.29, 1.82) is 0 Å². The Morgan fingerprint density at radius 3 is 2.74 bits per heavy atom. The molecule has 2 N–H and O–H groups in total. The second-order valence-electron chi connectivity index (χ2n) is 6.50. The van der Waals surface area contributed by atoms with Crippen molar-refractivity contribution in [3.63, 3.8) is 0 Å². The first-order valence-electron chi connectivity index (χ1n) is 7.61. The van der Waals surface area contributed by atoms with E-state index in [1.165, 1.54) is 20.0 Å². The van der Waals surface area contributed by atoms with Crippen molar-refractivity contribution >= 4 is 5.97 Å². The minimum absolute atomic E-state index is 0.241. The Labute approximate surface area is 116 Å². The molecule has 0 bridgehead atoms. The van der Waals surface area contributed by atoms with E-state index in [0.717, 1.165) is 38.1 Å². The summed E-state index contributed by atoms with van der Waals surface area (Å²) in [7, 11) is 1.44. The third-order valence-electron chi connectivity index (χ3n) is 5.24. The van der Waals surface area contributed by atoms with Crippen LogP contribution in [-0.4, -0.2) is 42.1 Å². The first kappa shape index (κ1) is 14.8. The normalized spacial score (nSPS) is 40.9. The molecule has 0 aromatic rings. The minimum Gasteiger partial charge on any atom is -0.468 e. The number of carbonyl (C=O) groups excluding carboxylic acids is 1. The van der Waals surface area contributed by atoms with Crippen molar-refractivity contribution < 1.29 is 9.53 Å². The number of rotatable bonds is 2. The van der Waals surface area contributed by atoms with Crippen LogP contribution in [0.3, 0.4) is 0 Å². The Balaban J connectivity index is 2.06. The number of hydrogen-bond acceptors (Lipinski definition) is 4. The fourth-order valence-electron chi connectivity index (χ4n) is 3.83. The van der Waals surface area contributed by atoms with Crippen molar-refractivity contribution in [1.82, 2.24) is 4.90 Å². The highest BCUT2D eigenvalue weighted by Gasteiger charge is 2.43. The highest BCUT2D eigenvalue weighted by Crippen LogP contribution is 2.34. The Hall–Kier alpha value is -0.610. The molecule has 2 rings (SSSR count). The molecular weight excluding hydrogens is 240 g/mol. The Morgan fingerprint density at radius 1 is 1.32 bits per heavy atom. The van der Waals surface area contributed by atoms with Crippen LogP contribution in [0.1, 0.15) is 52.4 Å². The number of carbonyl (C=O) groups is 1. The highest BCUT2D eigenvalue weighted by atomic mass is 16.5. The van der Waals surface area contributed by atoms with E-state index in [-0.39, 0.29) is 5.97 Å². The third-order valence-corrected chi connectivity index (χ3v) is 5.24. The van der Waals surface area contributed by atoms with Crippen LogP contribution in [0.15, 0.2) is 0 Å². The molecule has 1 saturated carbocycles. The van der Waals surface area contributed by atoms with Gasteiger partial charge in [-0.15, -0.1) is 0 Å². The van der Waals surface area contributed by atoms with Crippen LogP contribution in [0.25, 0.3) is 0 Å². The van der Waals surface area contributed by atoms with Gasteiger partial charge in [-0.3, -0.25) is 9.69 Å². The van der Waals surface area contributed by atoms with Crippen LogP contribution in [0.4, 0.5) is 0 Å². The maximum absolute atomic E-state index is 11.9. The van der Waals surface area contributed by atoms with Gasteiger partial charge in [-0.05, 0) is 57.9 Å². The molecule has 2 aliphatic rings. The molecule has 4 nitrogen and oxygen atoms in total. The summed E-state index contributed by atoms with van der Waals surface area (Å²) < 4.78 is 4.89. The van der Waals surface area contributed by atoms with Crippen LogP contribution < -0.4 is 5.73 Å². The summed E-state index contributed by atoms with van der Waals surface area (Å²) in [5.41, 5.74) is 5.52. The van der Waals surface area contributed by atoms with E-state index in [1.807, 2.05) is 0 Å². The summed E-state index contributed by atoms with van der Waals surface area (Å²) in [4.78, 5) is 14.5. The maximum Gasteiger partial charge on any atom is 0.325 e. The molecule has 0 radical (unpaired) electrons. The van der Waals surface area contributed by atoms with E-state index >= 15 is 0 Å². The summed E-state index contributed by atoms with van der Waals surface area (Å²) >= 11 is 0. The van der Waals surface area contributed by atoms with E-state index in [2.05, 4.69) is 18.7 Å². The number of nitrogens with two attached hydrogens (primary N) is 1.